The Hall–Kier alpha value is -2.53. The first-order valence-electron chi connectivity index (χ1n) is 8.61. The second-order valence-corrected chi connectivity index (χ2v) is 6.79. The van der Waals surface area contributed by atoms with Crippen LogP contribution in [0.15, 0.2) is 42.5 Å². The van der Waals surface area contributed by atoms with Crippen molar-refractivity contribution in [1.82, 2.24) is 0 Å². The Kier molecular flexibility index (Phi) is 5.24. The molecule has 132 valence electrons. The summed E-state index contributed by atoms with van der Waals surface area (Å²) in [6.45, 7) is 5.68. The van der Waals surface area contributed by atoms with Crippen LogP contribution in [0.25, 0.3) is 0 Å². The molecule has 0 saturated heterocycles. The zero-order valence-corrected chi connectivity index (χ0v) is 15.0. The molecular formula is C20H25N2O3+. The summed E-state index contributed by atoms with van der Waals surface area (Å²) in [7, 11) is 2.01. The zero-order valence-electron chi connectivity index (χ0n) is 15.0. The molecule has 0 fully saturated rings. The van der Waals surface area contributed by atoms with Gasteiger partial charge < -0.3 is 19.7 Å². The van der Waals surface area contributed by atoms with E-state index in [-0.39, 0.29) is 12.7 Å². The number of nitrogens with one attached hydrogen (secondary N) is 2. The predicted molar refractivity (Wildman–Crippen MR) is 97.2 cm³/mol. The van der Waals surface area contributed by atoms with Gasteiger partial charge in [0.25, 0.3) is 5.91 Å². The lowest BCUT2D eigenvalue weighted by atomic mass is 10.0. The number of quaternary nitrogens is 1. The van der Waals surface area contributed by atoms with Crippen molar-refractivity contribution in [2.75, 3.05) is 25.7 Å². The third-order valence-corrected chi connectivity index (χ3v) is 4.26. The molecule has 3 rings (SSSR count). The number of fused-ring (bicyclic) bond motifs is 1. The monoisotopic (exact) mass is 341 g/mol. The van der Waals surface area contributed by atoms with E-state index in [2.05, 4.69) is 25.2 Å². The van der Waals surface area contributed by atoms with Gasteiger partial charge in [-0.2, -0.15) is 0 Å². The fraction of sp³-hybridized carbons (Fsp3) is 0.350. The van der Waals surface area contributed by atoms with Crippen molar-refractivity contribution in [3.8, 4) is 11.5 Å². The molecule has 0 aromatic heterocycles. The first kappa shape index (κ1) is 17.3. The number of carbonyl (C=O) groups excluding carboxylic acids is 1. The van der Waals surface area contributed by atoms with Crippen molar-refractivity contribution < 1.29 is 19.2 Å². The predicted octanol–water partition coefficient (Wildman–Crippen LogP) is 2.19. The second-order valence-electron chi connectivity index (χ2n) is 6.79. The highest BCUT2D eigenvalue weighted by atomic mass is 16.7. The van der Waals surface area contributed by atoms with E-state index < -0.39 is 0 Å². The Labute approximate surface area is 148 Å². The number of rotatable bonds is 6. The van der Waals surface area contributed by atoms with Gasteiger partial charge >= 0.3 is 0 Å². The number of benzene rings is 2. The number of likely N-dealkylation sites (N-methyl/N-ethyl adjacent to an activating group) is 1. The van der Waals surface area contributed by atoms with Gasteiger partial charge in [0.15, 0.2) is 18.0 Å². The van der Waals surface area contributed by atoms with Crippen LogP contribution in [0, 0.1) is 0 Å². The number of hydrogen-bond donors (Lipinski definition) is 2. The van der Waals surface area contributed by atoms with E-state index in [1.807, 2.05) is 43.4 Å². The van der Waals surface area contributed by atoms with Crippen molar-refractivity contribution in [3.63, 3.8) is 0 Å². The fourth-order valence-electron chi connectivity index (χ4n) is 3.04. The maximum Gasteiger partial charge on any atom is 0.279 e. The van der Waals surface area contributed by atoms with Crippen LogP contribution in [0.1, 0.15) is 30.9 Å². The Morgan fingerprint density at radius 2 is 1.92 bits per heavy atom. The molecule has 2 N–H and O–H groups in total. The van der Waals surface area contributed by atoms with Crippen molar-refractivity contribution in [2.24, 2.45) is 0 Å². The third kappa shape index (κ3) is 4.31. The van der Waals surface area contributed by atoms with E-state index in [1.54, 1.807) is 0 Å². The Morgan fingerprint density at radius 1 is 1.16 bits per heavy atom. The van der Waals surface area contributed by atoms with Crippen LogP contribution in [0.5, 0.6) is 11.5 Å². The highest BCUT2D eigenvalue weighted by Crippen LogP contribution is 2.32. The highest BCUT2D eigenvalue weighted by Gasteiger charge is 2.17. The number of carbonyl (C=O) groups is 1. The lowest BCUT2D eigenvalue weighted by molar-refractivity contribution is -0.885. The van der Waals surface area contributed by atoms with E-state index in [0.29, 0.717) is 12.5 Å². The van der Waals surface area contributed by atoms with Crippen LogP contribution >= 0.6 is 0 Å². The molecule has 1 heterocycles. The molecule has 1 aliphatic heterocycles. The van der Waals surface area contributed by atoms with Gasteiger partial charge in [0, 0.05) is 11.3 Å². The molecule has 1 unspecified atom stereocenters. The normalized spacial score (nSPS) is 13.8. The van der Waals surface area contributed by atoms with Crippen molar-refractivity contribution in [2.45, 2.75) is 26.3 Å². The van der Waals surface area contributed by atoms with Gasteiger partial charge in [-0.3, -0.25) is 4.79 Å². The summed E-state index contributed by atoms with van der Waals surface area (Å²) in [5.74, 6) is 1.95. The largest absolute Gasteiger partial charge is 0.454 e. The molecule has 1 amide bonds. The molecule has 2 aromatic rings. The first-order valence-corrected chi connectivity index (χ1v) is 8.61. The summed E-state index contributed by atoms with van der Waals surface area (Å²) < 4.78 is 10.7. The number of amides is 1. The molecule has 0 aliphatic carbocycles. The summed E-state index contributed by atoms with van der Waals surface area (Å²) in [5, 5.41) is 3.05. The minimum atomic E-state index is 0.0198. The van der Waals surface area contributed by atoms with Crippen LogP contribution in [0.4, 0.5) is 5.69 Å². The molecule has 0 spiro atoms. The molecule has 0 saturated carbocycles. The van der Waals surface area contributed by atoms with Gasteiger partial charge in [-0.25, -0.2) is 0 Å². The van der Waals surface area contributed by atoms with Crippen LogP contribution < -0.4 is 19.7 Å². The smallest absolute Gasteiger partial charge is 0.279 e. The van der Waals surface area contributed by atoms with Gasteiger partial charge in [-0.1, -0.05) is 32.0 Å². The second kappa shape index (κ2) is 7.57. The summed E-state index contributed by atoms with van der Waals surface area (Å²) >= 11 is 0. The summed E-state index contributed by atoms with van der Waals surface area (Å²) in [5.41, 5.74) is 3.18. The fourth-order valence-corrected chi connectivity index (χ4v) is 3.04. The Morgan fingerprint density at radius 3 is 2.72 bits per heavy atom. The zero-order chi connectivity index (χ0) is 17.8. The molecular weight excluding hydrogens is 316 g/mol. The van der Waals surface area contributed by atoms with Crippen molar-refractivity contribution >= 4 is 11.6 Å². The first-order chi connectivity index (χ1) is 12.0. The van der Waals surface area contributed by atoms with E-state index in [4.69, 9.17) is 9.47 Å². The minimum Gasteiger partial charge on any atom is -0.454 e. The van der Waals surface area contributed by atoms with Crippen molar-refractivity contribution in [1.29, 1.82) is 0 Å². The average molecular weight is 341 g/mol. The minimum absolute atomic E-state index is 0.0198. The Bertz CT molecular complexity index is 758. The van der Waals surface area contributed by atoms with E-state index in [1.165, 1.54) is 0 Å². The van der Waals surface area contributed by atoms with Crippen LogP contribution in [0.3, 0.4) is 0 Å². The van der Waals surface area contributed by atoms with Crippen LogP contribution in [-0.2, 0) is 11.3 Å². The number of anilines is 1. The standard InChI is InChI=1S/C20H24N2O3/c1-14(2)16-6-4-5-7-17(16)21-20(23)12-22(3)11-15-8-9-18-19(10-15)25-13-24-18/h4-10,14H,11-13H2,1-3H3,(H,21,23)/p+1. The van der Waals surface area contributed by atoms with Crippen LogP contribution in [-0.4, -0.2) is 26.3 Å². The molecule has 2 aromatic carbocycles. The molecule has 0 radical (unpaired) electrons. The maximum absolute atomic E-state index is 12.4. The number of para-hydroxylation sites is 1. The SMILES string of the molecule is CC(C)c1ccccc1NC(=O)C[NH+](C)Cc1ccc2c(c1)OCO2. The molecule has 0 bridgehead atoms. The lowest BCUT2D eigenvalue weighted by Crippen LogP contribution is -3.08. The molecule has 25 heavy (non-hydrogen) atoms. The lowest BCUT2D eigenvalue weighted by Gasteiger charge is -2.16. The Balaban J connectivity index is 1.58. The quantitative estimate of drug-likeness (QED) is 0.847. The van der Waals surface area contributed by atoms with Gasteiger partial charge in [-0.15, -0.1) is 0 Å². The van der Waals surface area contributed by atoms with Gasteiger partial charge in [0.1, 0.15) is 6.54 Å². The van der Waals surface area contributed by atoms with Gasteiger partial charge in [0.05, 0.1) is 7.05 Å². The average Bonchev–Trinajstić information content (AvgIpc) is 3.02. The maximum atomic E-state index is 12.4. The molecule has 5 nitrogen and oxygen atoms in total. The summed E-state index contributed by atoms with van der Waals surface area (Å²) in [6.07, 6.45) is 0. The molecule has 1 atom stereocenters. The summed E-state index contributed by atoms with van der Waals surface area (Å²) in [4.78, 5) is 13.5. The highest BCUT2D eigenvalue weighted by molar-refractivity contribution is 5.92. The van der Waals surface area contributed by atoms with E-state index in [9.17, 15) is 4.79 Å². The molecule has 1 aliphatic rings. The van der Waals surface area contributed by atoms with Gasteiger partial charge in [0.2, 0.25) is 6.79 Å². The molecule has 5 heteroatoms. The summed E-state index contributed by atoms with van der Waals surface area (Å²) in [6, 6.07) is 13.9. The number of ether oxygens (including phenoxy) is 2. The topological polar surface area (TPSA) is 52.0 Å². The van der Waals surface area contributed by atoms with Crippen molar-refractivity contribution in [3.05, 3.63) is 53.6 Å². The van der Waals surface area contributed by atoms with Crippen LogP contribution in [0.2, 0.25) is 0 Å². The third-order valence-electron chi connectivity index (χ3n) is 4.26. The van der Waals surface area contributed by atoms with E-state index in [0.717, 1.165) is 39.8 Å². The van der Waals surface area contributed by atoms with E-state index >= 15 is 0 Å². The van der Waals surface area contributed by atoms with Gasteiger partial charge in [-0.05, 0) is 35.7 Å². The number of hydrogen-bond acceptors (Lipinski definition) is 3.